The summed E-state index contributed by atoms with van der Waals surface area (Å²) in [7, 11) is 0. The predicted octanol–water partition coefficient (Wildman–Crippen LogP) is 1.42. The molecule has 0 aliphatic rings. The van der Waals surface area contributed by atoms with Crippen LogP contribution in [0.25, 0.3) is 5.57 Å². The molecule has 0 unspecified atom stereocenters. The van der Waals surface area contributed by atoms with E-state index in [4.69, 9.17) is 5.26 Å². The quantitative estimate of drug-likeness (QED) is 0.688. The highest BCUT2D eigenvalue weighted by Crippen LogP contribution is 2.17. The van der Waals surface area contributed by atoms with Gasteiger partial charge in [-0.25, -0.2) is 0 Å². The predicted molar refractivity (Wildman–Crippen MR) is 79.2 cm³/mol. The monoisotopic (exact) mass is 292 g/mol. The van der Waals surface area contributed by atoms with Crippen molar-refractivity contribution in [2.45, 2.75) is 6.54 Å². The Balaban J connectivity index is 1.82. The molecule has 0 spiro atoms. The van der Waals surface area contributed by atoms with Crippen LogP contribution in [-0.2, 0) is 6.54 Å². The van der Waals surface area contributed by atoms with Crippen molar-refractivity contribution in [2.24, 2.45) is 0 Å². The van der Waals surface area contributed by atoms with Crippen LogP contribution in [0.15, 0.2) is 48.9 Å². The molecule has 3 rings (SSSR count). The lowest BCUT2D eigenvalue weighted by Gasteiger charge is -2.09. The highest BCUT2D eigenvalue weighted by molar-refractivity contribution is 5.74. The fourth-order valence-corrected chi connectivity index (χ4v) is 1.94. The Bertz CT molecular complexity index is 796. The number of para-hydroxylation sites is 1. The minimum Gasteiger partial charge on any atom is -0.360 e. The number of rotatable bonds is 5. The van der Waals surface area contributed by atoms with Gasteiger partial charge >= 0.3 is 0 Å². The SMILES string of the molecule is N#CC(=CNc1ccccc1Cn1cccn1)c1nn[nH]n1. The summed E-state index contributed by atoms with van der Waals surface area (Å²) in [6.45, 7) is 0.633. The van der Waals surface area contributed by atoms with Crippen LogP contribution < -0.4 is 5.32 Å². The van der Waals surface area contributed by atoms with Crippen molar-refractivity contribution in [2.75, 3.05) is 5.32 Å². The molecule has 8 nitrogen and oxygen atoms in total. The van der Waals surface area contributed by atoms with E-state index in [1.165, 1.54) is 0 Å². The molecular weight excluding hydrogens is 280 g/mol. The molecule has 2 aromatic heterocycles. The van der Waals surface area contributed by atoms with Crippen molar-refractivity contribution < 1.29 is 0 Å². The fourth-order valence-electron chi connectivity index (χ4n) is 1.94. The molecule has 22 heavy (non-hydrogen) atoms. The van der Waals surface area contributed by atoms with Crippen LogP contribution >= 0.6 is 0 Å². The highest BCUT2D eigenvalue weighted by atomic mass is 15.5. The average molecular weight is 292 g/mol. The number of benzene rings is 1. The Hall–Kier alpha value is -3.47. The maximum absolute atomic E-state index is 9.16. The minimum absolute atomic E-state index is 0.250. The van der Waals surface area contributed by atoms with E-state index in [2.05, 4.69) is 31.0 Å². The molecule has 0 fully saturated rings. The van der Waals surface area contributed by atoms with Crippen LogP contribution in [0.3, 0.4) is 0 Å². The number of anilines is 1. The third-order valence-corrected chi connectivity index (χ3v) is 2.99. The summed E-state index contributed by atoms with van der Waals surface area (Å²) in [5.41, 5.74) is 2.23. The molecule has 108 valence electrons. The lowest BCUT2D eigenvalue weighted by molar-refractivity contribution is 0.688. The van der Waals surface area contributed by atoms with Crippen LogP contribution in [0.4, 0.5) is 5.69 Å². The van der Waals surface area contributed by atoms with Gasteiger partial charge in [0.05, 0.1) is 6.54 Å². The number of nitriles is 1. The maximum Gasteiger partial charge on any atom is 0.216 e. The number of hydrogen-bond acceptors (Lipinski definition) is 6. The highest BCUT2D eigenvalue weighted by Gasteiger charge is 2.06. The molecular formula is C14H12N8. The van der Waals surface area contributed by atoms with E-state index >= 15 is 0 Å². The molecule has 3 aromatic rings. The van der Waals surface area contributed by atoms with Gasteiger partial charge < -0.3 is 5.32 Å². The molecule has 2 heterocycles. The zero-order valence-electron chi connectivity index (χ0n) is 11.5. The number of nitrogens with one attached hydrogen (secondary N) is 2. The summed E-state index contributed by atoms with van der Waals surface area (Å²) in [5, 5.41) is 29.8. The zero-order chi connectivity index (χ0) is 15.2. The summed E-state index contributed by atoms with van der Waals surface area (Å²) in [6.07, 6.45) is 5.19. The Kier molecular flexibility index (Phi) is 3.88. The fraction of sp³-hybridized carbons (Fsp3) is 0.0714. The van der Waals surface area contributed by atoms with E-state index in [-0.39, 0.29) is 5.82 Å². The Morgan fingerprint density at radius 1 is 1.36 bits per heavy atom. The third kappa shape index (κ3) is 2.99. The summed E-state index contributed by atoms with van der Waals surface area (Å²) in [4.78, 5) is 0. The topological polar surface area (TPSA) is 108 Å². The number of H-pyrrole nitrogens is 1. The van der Waals surface area contributed by atoms with Crippen molar-refractivity contribution in [1.82, 2.24) is 30.4 Å². The van der Waals surface area contributed by atoms with Crippen LogP contribution in [0.5, 0.6) is 0 Å². The number of aromatic nitrogens is 6. The van der Waals surface area contributed by atoms with Gasteiger partial charge in [-0.2, -0.15) is 15.6 Å². The van der Waals surface area contributed by atoms with Crippen LogP contribution in [0.1, 0.15) is 11.4 Å². The molecule has 0 atom stereocenters. The molecule has 0 radical (unpaired) electrons. The van der Waals surface area contributed by atoms with Gasteiger partial charge in [0.25, 0.3) is 0 Å². The largest absolute Gasteiger partial charge is 0.360 e. The van der Waals surface area contributed by atoms with Gasteiger partial charge in [0.1, 0.15) is 11.6 Å². The van der Waals surface area contributed by atoms with E-state index in [9.17, 15) is 0 Å². The summed E-state index contributed by atoms with van der Waals surface area (Å²) in [6, 6.07) is 11.7. The average Bonchev–Trinajstić information content (AvgIpc) is 3.23. The van der Waals surface area contributed by atoms with Gasteiger partial charge in [-0.1, -0.05) is 18.2 Å². The van der Waals surface area contributed by atoms with Gasteiger partial charge in [0.15, 0.2) is 0 Å². The van der Waals surface area contributed by atoms with Gasteiger partial charge in [-0.15, -0.1) is 10.2 Å². The molecule has 0 saturated heterocycles. The molecule has 0 amide bonds. The molecule has 0 bridgehead atoms. The third-order valence-electron chi connectivity index (χ3n) is 2.99. The number of allylic oxidation sites excluding steroid dienone is 1. The van der Waals surface area contributed by atoms with E-state index in [0.29, 0.717) is 12.1 Å². The Morgan fingerprint density at radius 2 is 2.27 bits per heavy atom. The summed E-state index contributed by atoms with van der Waals surface area (Å²) >= 11 is 0. The summed E-state index contributed by atoms with van der Waals surface area (Å²) < 4.78 is 1.83. The molecule has 8 heteroatoms. The van der Waals surface area contributed by atoms with Crippen molar-refractivity contribution in [3.05, 3.63) is 60.3 Å². The number of aromatic amines is 1. The second kappa shape index (κ2) is 6.32. The van der Waals surface area contributed by atoms with Crippen molar-refractivity contribution >= 4 is 11.3 Å². The normalized spacial score (nSPS) is 11.1. The zero-order valence-corrected chi connectivity index (χ0v) is 11.5. The first-order chi connectivity index (χ1) is 10.9. The van der Waals surface area contributed by atoms with E-state index < -0.39 is 0 Å². The van der Waals surface area contributed by atoms with Crippen LogP contribution in [-0.4, -0.2) is 30.4 Å². The molecule has 0 aliphatic heterocycles. The van der Waals surface area contributed by atoms with Crippen molar-refractivity contribution in [3.8, 4) is 6.07 Å². The second-order valence-electron chi connectivity index (χ2n) is 4.41. The lowest BCUT2D eigenvalue weighted by atomic mass is 10.1. The van der Waals surface area contributed by atoms with Crippen molar-refractivity contribution in [3.63, 3.8) is 0 Å². The number of tetrazole rings is 1. The minimum atomic E-state index is 0.250. The number of nitrogens with zero attached hydrogens (tertiary/aromatic N) is 6. The van der Waals surface area contributed by atoms with Gasteiger partial charge in [0.2, 0.25) is 5.82 Å². The van der Waals surface area contributed by atoms with E-state index in [1.54, 1.807) is 12.4 Å². The Labute approximate surface area is 126 Å². The van der Waals surface area contributed by atoms with Gasteiger partial charge in [0, 0.05) is 24.3 Å². The molecule has 0 aliphatic carbocycles. The van der Waals surface area contributed by atoms with E-state index in [1.807, 2.05) is 47.3 Å². The van der Waals surface area contributed by atoms with E-state index in [0.717, 1.165) is 11.3 Å². The second-order valence-corrected chi connectivity index (χ2v) is 4.41. The van der Waals surface area contributed by atoms with Crippen LogP contribution in [0.2, 0.25) is 0 Å². The van der Waals surface area contributed by atoms with Crippen LogP contribution in [0, 0.1) is 11.3 Å². The first kappa shape index (κ1) is 13.5. The summed E-state index contributed by atoms with van der Waals surface area (Å²) in [5.74, 6) is 0.250. The Morgan fingerprint density at radius 3 is 3.00 bits per heavy atom. The number of hydrogen-bond donors (Lipinski definition) is 2. The first-order valence-electron chi connectivity index (χ1n) is 6.53. The standard InChI is InChI=1S/C14H12N8/c15-8-12(14-18-20-21-19-14)9-16-13-5-2-1-4-11(13)10-22-7-3-6-17-22/h1-7,9,16H,10H2,(H,18,19,20,21). The molecule has 1 aromatic carbocycles. The molecule has 0 saturated carbocycles. The lowest BCUT2D eigenvalue weighted by Crippen LogP contribution is -2.03. The molecule has 2 N–H and O–H groups in total. The van der Waals surface area contributed by atoms with Crippen molar-refractivity contribution in [1.29, 1.82) is 5.26 Å². The smallest absolute Gasteiger partial charge is 0.216 e. The first-order valence-corrected chi connectivity index (χ1v) is 6.53. The van der Waals surface area contributed by atoms with Gasteiger partial charge in [-0.3, -0.25) is 4.68 Å². The van der Waals surface area contributed by atoms with Gasteiger partial charge in [-0.05, 0) is 22.9 Å². The maximum atomic E-state index is 9.16.